The molecule has 5 nitrogen and oxygen atoms in total. The number of carbonyl (C=O) groups is 2. The summed E-state index contributed by atoms with van der Waals surface area (Å²) in [6.45, 7) is 4.06. The third kappa shape index (κ3) is 2.58. The second-order valence-corrected chi connectivity index (χ2v) is 7.11. The minimum atomic E-state index is -0.216. The molecule has 5 heteroatoms. The molecule has 0 N–H and O–H groups in total. The van der Waals surface area contributed by atoms with E-state index in [1.54, 1.807) is 6.21 Å². The van der Waals surface area contributed by atoms with Gasteiger partial charge >= 0.3 is 0 Å². The number of hydrogen-bond acceptors (Lipinski definition) is 4. The molecule has 1 heterocycles. The van der Waals surface area contributed by atoms with Crippen molar-refractivity contribution >= 4 is 18.0 Å². The molecule has 25 heavy (non-hydrogen) atoms. The van der Waals surface area contributed by atoms with Gasteiger partial charge in [-0.05, 0) is 43.7 Å². The molecule has 1 aromatic carbocycles. The number of benzene rings is 1. The molecule has 5 atom stereocenters. The normalized spacial score (nSPS) is 31.2. The van der Waals surface area contributed by atoms with Crippen LogP contribution in [0.5, 0.6) is 5.75 Å². The lowest BCUT2D eigenvalue weighted by molar-refractivity contribution is -0.140. The molecule has 4 rings (SSSR count). The van der Waals surface area contributed by atoms with E-state index in [1.165, 1.54) is 0 Å². The number of amides is 2. The van der Waals surface area contributed by atoms with Crippen molar-refractivity contribution in [3.63, 3.8) is 0 Å². The Morgan fingerprint density at radius 3 is 2.48 bits per heavy atom. The van der Waals surface area contributed by atoms with Crippen molar-refractivity contribution in [2.45, 2.75) is 32.8 Å². The lowest BCUT2D eigenvalue weighted by Gasteiger charge is -2.15. The van der Waals surface area contributed by atoms with Gasteiger partial charge in [0, 0.05) is 5.56 Å². The van der Waals surface area contributed by atoms with Crippen LogP contribution < -0.4 is 4.74 Å². The highest BCUT2D eigenvalue weighted by atomic mass is 16.5. The smallest absolute Gasteiger partial charge is 0.254 e. The van der Waals surface area contributed by atoms with Gasteiger partial charge in [-0.1, -0.05) is 31.2 Å². The molecular weight excluding hydrogens is 316 g/mol. The Balaban J connectivity index is 1.55. The number of hydrazone groups is 1. The summed E-state index contributed by atoms with van der Waals surface area (Å²) in [5, 5.41) is 5.30. The molecule has 2 bridgehead atoms. The predicted octanol–water partition coefficient (Wildman–Crippen LogP) is 3.00. The van der Waals surface area contributed by atoms with Crippen LogP contribution in [-0.2, 0) is 9.59 Å². The third-order valence-electron chi connectivity index (χ3n) is 5.58. The first-order chi connectivity index (χ1) is 12.1. The van der Waals surface area contributed by atoms with Crippen molar-refractivity contribution in [2.75, 3.05) is 0 Å². The van der Waals surface area contributed by atoms with Crippen LogP contribution in [0, 0.1) is 23.7 Å². The van der Waals surface area contributed by atoms with Crippen LogP contribution in [0.4, 0.5) is 0 Å². The molecule has 0 radical (unpaired) electrons. The Bertz CT molecular complexity index is 740. The fraction of sp³-hybridized carbons (Fsp3) is 0.450. The molecule has 1 aliphatic heterocycles. The van der Waals surface area contributed by atoms with E-state index in [-0.39, 0.29) is 41.6 Å². The van der Waals surface area contributed by atoms with E-state index in [2.05, 4.69) is 24.2 Å². The number of rotatable bonds is 5. The van der Waals surface area contributed by atoms with E-state index in [0.717, 1.165) is 23.4 Å². The summed E-state index contributed by atoms with van der Waals surface area (Å²) in [6.07, 6.45) is 7.64. The van der Waals surface area contributed by atoms with E-state index < -0.39 is 0 Å². The van der Waals surface area contributed by atoms with Crippen molar-refractivity contribution in [2.24, 2.45) is 28.8 Å². The number of ether oxygens (including phenoxy) is 1. The maximum Gasteiger partial charge on any atom is 0.254 e. The fourth-order valence-corrected chi connectivity index (χ4v) is 4.11. The number of allylic oxidation sites excluding steroid dienone is 2. The van der Waals surface area contributed by atoms with Crippen molar-refractivity contribution in [3.05, 3.63) is 42.0 Å². The first-order valence-corrected chi connectivity index (χ1v) is 8.96. The van der Waals surface area contributed by atoms with E-state index in [0.29, 0.717) is 5.75 Å². The molecule has 0 spiro atoms. The maximum absolute atomic E-state index is 12.6. The molecule has 1 saturated heterocycles. The zero-order valence-electron chi connectivity index (χ0n) is 14.5. The summed E-state index contributed by atoms with van der Waals surface area (Å²) >= 11 is 0. The zero-order valence-corrected chi connectivity index (χ0v) is 14.5. The van der Waals surface area contributed by atoms with Gasteiger partial charge in [-0.2, -0.15) is 10.1 Å². The molecule has 1 saturated carbocycles. The quantitative estimate of drug-likeness (QED) is 0.471. The first kappa shape index (κ1) is 16.1. The van der Waals surface area contributed by atoms with E-state index in [4.69, 9.17) is 4.74 Å². The number of nitrogens with zero attached hydrogens (tertiary/aromatic N) is 2. The third-order valence-corrected chi connectivity index (χ3v) is 5.58. The van der Waals surface area contributed by atoms with Crippen molar-refractivity contribution in [1.82, 2.24) is 5.01 Å². The molecule has 1 aromatic rings. The molecule has 3 aliphatic rings. The molecule has 2 aliphatic carbocycles. The van der Waals surface area contributed by atoms with E-state index in [9.17, 15) is 9.59 Å². The van der Waals surface area contributed by atoms with Gasteiger partial charge in [-0.25, -0.2) is 0 Å². The van der Waals surface area contributed by atoms with E-state index in [1.807, 2.05) is 31.2 Å². The van der Waals surface area contributed by atoms with Gasteiger partial charge < -0.3 is 4.74 Å². The first-order valence-electron chi connectivity index (χ1n) is 8.96. The fourth-order valence-electron chi connectivity index (χ4n) is 4.11. The second kappa shape index (κ2) is 6.14. The maximum atomic E-state index is 12.6. The van der Waals surface area contributed by atoms with Crippen LogP contribution in [0.25, 0.3) is 0 Å². The van der Waals surface area contributed by atoms with Crippen LogP contribution in [0.3, 0.4) is 0 Å². The average molecular weight is 338 g/mol. The minimum Gasteiger partial charge on any atom is -0.490 e. The van der Waals surface area contributed by atoms with Crippen LogP contribution in [0.1, 0.15) is 32.3 Å². The Morgan fingerprint density at radius 1 is 1.20 bits per heavy atom. The second-order valence-electron chi connectivity index (χ2n) is 7.11. The van der Waals surface area contributed by atoms with Gasteiger partial charge in [0.15, 0.2) is 0 Å². The van der Waals surface area contributed by atoms with Crippen LogP contribution in [-0.4, -0.2) is 29.1 Å². The highest BCUT2D eigenvalue weighted by Gasteiger charge is 2.59. The Labute approximate surface area is 147 Å². The van der Waals surface area contributed by atoms with Crippen LogP contribution in [0.15, 0.2) is 41.5 Å². The number of hydrogen-bond donors (Lipinski definition) is 0. The summed E-state index contributed by atoms with van der Waals surface area (Å²) in [7, 11) is 0. The minimum absolute atomic E-state index is 0.0886. The van der Waals surface area contributed by atoms with Gasteiger partial charge in [-0.15, -0.1) is 0 Å². The molecular formula is C20H22N2O3. The summed E-state index contributed by atoms with van der Waals surface area (Å²) in [5.74, 6) is 0.353. The van der Waals surface area contributed by atoms with Gasteiger partial charge in [0.1, 0.15) is 5.75 Å². The van der Waals surface area contributed by atoms with Crippen molar-refractivity contribution in [1.29, 1.82) is 0 Å². The summed E-state index contributed by atoms with van der Waals surface area (Å²) in [5.41, 5.74) is 0.765. The number of para-hydroxylation sites is 1. The topological polar surface area (TPSA) is 59.0 Å². The van der Waals surface area contributed by atoms with Gasteiger partial charge in [0.05, 0.1) is 24.2 Å². The van der Waals surface area contributed by atoms with E-state index >= 15 is 0 Å². The van der Waals surface area contributed by atoms with Crippen molar-refractivity contribution < 1.29 is 14.3 Å². The van der Waals surface area contributed by atoms with Crippen molar-refractivity contribution in [3.8, 4) is 5.75 Å². The van der Waals surface area contributed by atoms with Gasteiger partial charge in [0.2, 0.25) is 0 Å². The lowest BCUT2D eigenvalue weighted by Crippen LogP contribution is -2.28. The van der Waals surface area contributed by atoms with Crippen LogP contribution in [0.2, 0.25) is 0 Å². The largest absolute Gasteiger partial charge is 0.490 e. The highest BCUT2D eigenvalue weighted by molar-refractivity contribution is 6.06. The summed E-state index contributed by atoms with van der Waals surface area (Å²) in [6, 6.07) is 7.53. The summed E-state index contributed by atoms with van der Waals surface area (Å²) < 4.78 is 5.89. The number of carbonyl (C=O) groups excluding carboxylic acids is 2. The van der Waals surface area contributed by atoms with Gasteiger partial charge in [0.25, 0.3) is 11.8 Å². The molecule has 130 valence electrons. The molecule has 5 unspecified atom stereocenters. The highest BCUT2D eigenvalue weighted by Crippen LogP contribution is 2.52. The average Bonchev–Trinajstić information content (AvgIpc) is 3.29. The monoisotopic (exact) mass is 338 g/mol. The zero-order chi connectivity index (χ0) is 17.6. The lowest BCUT2D eigenvalue weighted by atomic mass is 9.85. The Morgan fingerprint density at radius 2 is 1.84 bits per heavy atom. The number of fused-ring (bicyclic) bond motifs is 5. The van der Waals surface area contributed by atoms with Crippen LogP contribution >= 0.6 is 0 Å². The number of imide groups is 1. The van der Waals surface area contributed by atoms with Gasteiger partial charge in [-0.3, -0.25) is 9.59 Å². The standard InChI is InChI=1S/C20H22N2O3/c1-3-12(2)25-16-7-5-4-6-15(16)11-21-22-19(23)17-13-8-9-14(10-13)18(17)20(22)24/h4-9,11-14,17-18H,3,10H2,1-2H3. The SMILES string of the molecule is CCC(C)Oc1ccccc1C=NN1C(=O)C2C3C=CC(C3)C2C1=O. The molecule has 2 amide bonds. The molecule has 2 fully saturated rings. The molecule has 0 aromatic heterocycles. The Hall–Kier alpha value is -2.43. The Kier molecular flexibility index (Phi) is 3.94. The predicted molar refractivity (Wildman–Crippen MR) is 94.0 cm³/mol. The summed E-state index contributed by atoms with van der Waals surface area (Å²) in [4.78, 5) is 25.3.